The third-order valence-corrected chi connectivity index (χ3v) is 5.24. The van der Waals surface area contributed by atoms with E-state index in [4.69, 9.17) is 4.74 Å². The molecule has 3 nitrogen and oxygen atoms in total. The van der Waals surface area contributed by atoms with Crippen molar-refractivity contribution in [2.24, 2.45) is 5.92 Å². The van der Waals surface area contributed by atoms with Crippen LogP contribution in [0.4, 0.5) is 0 Å². The summed E-state index contributed by atoms with van der Waals surface area (Å²) in [6.07, 6.45) is 8.39. The zero-order valence-electron chi connectivity index (χ0n) is 13.0. The Bertz CT molecular complexity index is 474. The van der Waals surface area contributed by atoms with E-state index in [1.807, 2.05) is 0 Å². The minimum absolute atomic E-state index is 0.328. The van der Waals surface area contributed by atoms with Crippen LogP contribution in [0.15, 0.2) is 18.2 Å². The molecule has 0 amide bonds. The molecule has 0 aliphatic heterocycles. The van der Waals surface area contributed by atoms with Crippen LogP contribution in [0.3, 0.4) is 0 Å². The molecule has 0 spiro atoms. The highest BCUT2D eigenvalue weighted by Gasteiger charge is 2.28. The van der Waals surface area contributed by atoms with Crippen LogP contribution in [0.5, 0.6) is 5.75 Å². The monoisotopic (exact) mass is 289 g/mol. The maximum absolute atomic E-state index is 9.56. The maximum atomic E-state index is 9.56. The molecule has 3 unspecified atom stereocenters. The van der Waals surface area contributed by atoms with Gasteiger partial charge in [0.15, 0.2) is 0 Å². The molecular formula is C18H27NO2. The van der Waals surface area contributed by atoms with E-state index in [2.05, 4.69) is 23.5 Å². The van der Waals surface area contributed by atoms with E-state index in [-0.39, 0.29) is 0 Å². The second-order valence-electron chi connectivity index (χ2n) is 6.57. The number of ether oxygens (including phenoxy) is 1. The Hall–Kier alpha value is -1.06. The lowest BCUT2D eigenvalue weighted by atomic mass is 9.82. The maximum Gasteiger partial charge on any atom is 0.119 e. The predicted octanol–water partition coefficient (Wildman–Crippen LogP) is 2.69. The molecule has 1 aromatic rings. The Balaban J connectivity index is 1.65. The smallest absolute Gasteiger partial charge is 0.119 e. The number of hydrogen-bond acceptors (Lipinski definition) is 3. The van der Waals surface area contributed by atoms with Crippen molar-refractivity contribution in [2.75, 3.05) is 13.7 Å². The molecule has 0 saturated heterocycles. The molecule has 21 heavy (non-hydrogen) atoms. The van der Waals surface area contributed by atoms with Gasteiger partial charge in [-0.25, -0.2) is 0 Å². The van der Waals surface area contributed by atoms with E-state index in [0.717, 1.165) is 18.6 Å². The molecule has 3 heteroatoms. The van der Waals surface area contributed by atoms with Crippen LogP contribution in [0, 0.1) is 5.92 Å². The second-order valence-corrected chi connectivity index (χ2v) is 6.57. The average molecular weight is 289 g/mol. The Morgan fingerprint density at radius 1 is 1.19 bits per heavy atom. The first-order valence-corrected chi connectivity index (χ1v) is 8.33. The minimum atomic E-state index is 0.328. The van der Waals surface area contributed by atoms with Crippen molar-refractivity contribution >= 4 is 0 Å². The van der Waals surface area contributed by atoms with Gasteiger partial charge in [0, 0.05) is 18.7 Å². The first-order valence-electron chi connectivity index (χ1n) is 8.33. The minimum Gasteiger partial charge on any atom is -0.497 e. The molecule has 2 aliphatic carbocycles. The Morgan fingerprint density at radius 3 is 2.86 bits per heavy atom. The topological polar surface area (TPSA) is 41.5 Å². The van der Waals surface area contributed by atoms with Crippen molar-refractivity contribution in [1.29, 1.82) is 0 Å². The SMILES string of the molecule is COc1ccc2c(c1)CC(NC1CCCCC1CO)CC2. The number of hydrogen-bond donors (Lipinski definition) is 2. The van der Waals surface area contributed by atoms with E-state index >= 15 is 0 Å². The van der Waals surface area contributed by atoms with Gasteiger partial charge in [-0.1, -0.05) is 18.9 Å². The average Bonchev–Trinajstić information content (AvgIpc) is 2.54. The standard InChI is InChI=1S/C18H27NO2/c1-21-17-9-7-13-6-8-16(10-15(13)11-17)19-18-5-3-2-4-14(18)12-20/h7,9,11,14,16,18-20H,2-6,8,10,12H2,1H3. The summed E-state index contributed by atoms with van der Waals surface area (Å²) in [4.78, 5) is 0. The molecule has 0 bridgehead atoms. The molecule has 116 valence electrons. The predicted molar refractivity (Wildman–Crippen MR) is 84.8 cm³/mol. The van der Waals surface area contributed by atoms with Crippen LogP contribution in [-0.4, -0.2) is 30.9 Å². The zero-order valence-corrected chi connectivity index (χ0v) is 13.0. The molecule has 1 fully saturated rings. The second kappa shape index (κ2) is 6.80. The van der Waals surface area contributed by atoms with Gasteiger partial charge in [-0.05, 0) is 61.3 Å². The van der Waals surface area contributed by atoms with Crippen molar-refractivity contribution in [3.63, 3.8) is 0 Å². The number of fused-ring (bicyclic) bond motifs is 1. The summed E-state index contributed by atoms with van der Waals surface area (Å²) >= 11 is 0. The summed E-state index contributed by atoms with van der Waals surface area (Å²) < 4.78 is 5.35. The molecule has 1 saturated carbocycles. The van der Waals surface area contributed by atoms with Crippen LogP contribution in [-0.2, 0) is 12.8 Å². The molecule has 2 N–H and O–H groups in total. The number of rotatable bonds is 4. The van der Waals surface area contributed by atoms with E-state index in [1.54, 1.807) is 7.11 Å². The van der Waals surface area contributed by atoms with Crippen molar-refractivity contribution in [3.05, 3.63) is 29.3 Å². The summed E-state index contributed by atoms with van der Waals surface area (Å²) in [5, 5.41) is 13.4. The van der Waals surface area contributed by atoms with Crippen LogP contribution >= 0.6 is 0 Å². The molecule has 2 aliphatic rings. The molecule has 3 rings (SSSR count). The lowest BCUT2D eigenvalue weighted by Crippen LogP contribution is -2.47. The highest BCUT2D eigenvalue weighted by atomic mass is 16.5. The molecule has 0 heterocycles. The van der Waals surface area contributed by atoms with E-state index in [1.165, 1.54) is 43.2 Å². The van der Waals surface area contributed by atoms with Gasteiger partial charge >= 0.3 is 0 Å². The fourth-order valence-electron chi connectivity index (χ4n) is 3.95. The van der Waals surface area contributed by atoms with Crippen LogP contribution in [0.2, 0.25) is 0 Å². The lowest BCUT2D eigenvalue weighted by molar-refractivity contribution is 0.144. The highest BCUT2D eigenvalue weighted by molar-refractivity contribution is 5.37. The Morgan fingerprint density at radius 2 is 2.05 bits per heavy atom. The Labute approximate surface area is 127 Å². The van der Waals surface area contributed by atoms with Crippen LogP contribution < -0.4 is 10.1 Å². The van der Waals surface area contributed by atoms with Crippen LogP contribution in [0.25, 0.3) is 0 Å². The molecule has 0 aromatic heterocycles. The van der Waals surface area contributed by atoms with E-state index in [9.17, 15) is 5.11 Å². The number of benzene rings is 1. The number of aliphatic hydroxyl groups excluding tert-OH is 1. The largest absolute Gasteiger partial charge is 0.497 e. The summed E-state index contributed by atoms with van der Waals surface area (Å²) in [5.74, 6) is 1.41. The van der Waals surface area contributed by atoms with Crippen LogP contribution in [0.1, 0.15) is 43.2 Å². The van der Waals surface area contributed by atoms with E-state index in [0.29, 0.717) is 24.6 Å². The van der Waals surface area contributed by atoms with Gasteiger partial charge in [0.25, 0.3) is 0 Å². The lowest BCUT2D eigenvalue weighted by Gasteiger charge is -2.36. The third kappa shape index (κ3) is 3.41. The van der Waals surface area contributed by atoms with Gasteiger partial charge in [-0.2, -0.15) is 0 Å². The molecular weight excluding hydrogens is 262 g/mol. The fraction of sp³-hybridized carbons (Fsp3) is 0.667. The normalized spacial score (nSPS) is 29.0. The molecule has 3 atom stereocenters. The fourth-order valence-corrected chi connectivity index (χ4v) is 3.95. The third-order valence-electron chi connectivity index (χ3n) is 5.24. The summed E-state index contributed by atoms with van der Waals surface area (Å²) in [6, 6.07) is 7.51. The quantitative estimate of drug-likeness (QED) is 0.895. The number of nitrogens with one attached hydrogen (secondary N) is 1. The summed E-state index contributed by atoms with van der Waals surface area (Å²) in [6.45, 7) is 0.328. The molecule has 1 aromatic carbocycles. The van der Waals surface area contributed by atoms with Crippen molar-refractivity contribution in [2.45, 2.75) is 57.0 Å². The number of aliphatic hydroxyl groups is 1. The van der Waals surface area contributed by atoms with Gasteiger partial charge in [0.2, 0.25) is 0 Å². The van der Waals surface area contributed by atoms with Gasteiger partial charge in [-0.3, -0.25) is 0 Å². The van der Waals surface area contributed by atoms with E-state index < -0.39 is 0 Å². The zero-order chi connectivity index (χ0) is 14.7. The first-order chi connectivity index (χ1) is 10.3. The first kappa shape index (κ1) is 14.9. The Kier molecular flexibility index (Phi) is 4.81. The van der Waals surface area contributed by atoms with Crippen molar-refractivity contribution < 1.29 is 9.84 Å². The van der Waals surface area contributed by atoms with Gasteiger partial charge in [-0.15, -0.1) is 0 Å². The summed E-state index contributed by atoms with van der Waals surface area (Å²) in [7, 11) is 1.73. The number of aryl methyl sites for hydroxylation is 1. The number of methoxy groups -OCH3 is 1. The van der Waals surface area contributed by atoms with Gasteiger partial charge in [0.1, 0.15) is 5.75 Å². The van der Waals surface area contributed by atoms with Gasteiger partial charge in [0.05, 0.1) is 7.11 Å². The highest BCUT2D eigenvalue weighted by Crippen LogP contribution is 2.28. The molecule has 0 radical (unpaired) electrons. The van der Waals surface area contributed by atoms with Gasteiger partial charge < -0.3 is 15.2 Å². The van der Waals surface area contributed by atoms with Crippen molar-refractivity contribution in [1.82, 2.24) is 5.32 Å². The van der Waals surface area contributed by atoms with Crippen molar-refractivity contribution in [3.8, 4) is 5.75 Å². The summed E-state index contributed by atoms with van der Waals surface area (Å²) in [5.41, 5.74) is 2.89.